The van der Waals surface area contributed by atoms with Gasteiger partial charge in [-0.1, -0.05) is 22.0 Å². The van der Waals surface area contributed by atoms with E-state index in [0.29, 0.717) is 6.42 Å². The van der Waals surface area contributed by atoms with E-state index in [1.54, 1.807) is 6.07 Å². The highest BCUT2D eigenvalue weighted by Crippen LogP contribution is 2.33. The van der Waals surface area contributed by atoms with E-state index in [-0.39, 0.29) is 35.4 Å². The number of benzene rings is 1. The van der Waals surface area contributed by atoms with Crippen molar-refractivity contribution >= 4 is 49.7 Å². The second-order valence-electron chi connectivity index (χ2n) is 9.07. The Morgan fingerprint density at radius 2 is 2.10 bits per heavy atom. The summed E-state index contributed by atoms with van der Waals surface area (Å²) in [4.78, 5) is 28.8. The lowest BCUT2D eigenvalue weighted by Crippen LogP contribution is -2.33. The molecule has 4 atom stereocenters. The number of imidazole rings is 1. The number of carbonyl (C=O) groups is 1. The zero-order valence-electron chi connectivity index (χ0n) is 20.7. The van der Waals surface area contributed by atoms with Crippen molar-refractivity contribution in [2.24, 2.45) is 0 Å². The van der Waals surface area contributed by atoms with Crippen LogP contribution in [0, 0.1) is 0 Å². The van der Waals surface area contributed by atoms with E-state index < -0.39 is 37.1 Å². The van der Waals surface area contributed by atoms with Crippen LogP contribution in [0.2, 0.25) is 0 Å². The summed E-state index contributed by atoms with van der Waals surface area (Å²) < 4.78 is 19.1. The topological polar surface area (TPSA) is 193 Å². The predicted octanol–water partition coefficient (Wildman–Crippen LogP) is 1.65. The number of amides is 1. The van der Waals surface area contributed by atoms with Crippen LogP contribution in [0.25, 0.3) is 22.1 Å². The van der Waals surface area contributed by atoms with Crippen LogP contribution in [0.1, 0.15) is 22.3 Å². The number of H-pyrrole nitrogens is 1. The summed E-state index contributed by atoms with van der Waals surface area (Å²) in [5, 5.41) is 31.4. The maximum absolute atomic E-state index is 12.4. The van der Waals surface area contributed by atoms with Crippen molar-refractivity contribution in [3.8, 4) is 6.01 Å². The molecule has 15 heteroatoms. The first-order valence-electron chi connectivity index (χ1n) is 12.3. The first-order chi connectivity index (χ1) is 19.4. The highest BCUT2D eigenvalue weighted by molar-refractivity contribution is 9.10. The molecule has 1 amide bonds. The zero-order valence-corrected chi connectivity index (χ0v) is 22.3. The van der Waals surface area contributed by atoms with Crippen LogP contribution in [-0.4, -0.2) is 77.3 Å². The van der Waals surface area contributed by atoms with Crippen molar-refractivity contribution in [3.05, 3.63) is 64.9 Å². The molecule has 0 unspecified atom stereocenters. The number of aromatic amines is 1. The number of hydrazine groups is 1. The van der Waals surface area contributed by atoms with Gasteiger partial charge in [0.2, 0.25) is 0 Å². The normalized spacial score (nSPS) is 20.8. The van der Waals surface area contributed by atoms with Crippen molar-refractivity contribution in [1.29, 1.82) is 0 Å². The molecule has 1 saturated heterocycles. The van der Waals surface area contributed by atoms with E-state index in [1.807, 2.05) is 24.4 Å². The van der Waals surface area contributed by atoms with Gasteiger partial charge in [-0.15, -0.1) is 0 Å². The first-order valence-corrected chi connectivity index (χ1v) is 13.1. The zero-order chi connectivity index (χ0) is 27.8. The molecule has 1 fully saturated rings. The molecule has 6 N–H and O–H groups in total. The molecule has 40 heavy (non-hydrogen) atoms. The van der Waals surface area contributed by atoms with E-state index in [0.717, 1.165) is 20.9 Å². The third-order valence-corrected chi connectivity index (χ3v) is 7.06. The number of rotatable bonds is 9. The van der Waals surface area contributed by atoms with Crippen LogP contribution < -0.4 is 15.6 Å². The minimum atomic E-state index is -1.36. The summed E-state index contributed by atoms with van der Waals surface area (Å²) in [6.07, 6.45) is 0.449. The molecule has 0 bridgehead atoms. The summed E-state index contributed by atoms with van der Waals surface area (Å²) in [6.45, 7) is -0.254. The molecule has 14 nitrogen and oxygen atoms in total. The number of halogens is 1. The first kappa shape index (κ1) is 26.2. The quantitative estimate of drug-likeness (QED) is 0.132. The average Bonchev–Trinajstić information content (AvgIpc) is 3.75. The Bertz CT molecular complexity index is 1650. The Morgan fingerprint density at radius 3 is 2.88 bits per heavy atom. The summed E-state index contributed by atoms with van der Waals surface area (Å²) in [6, 6.07) is 9.02. The Labute approximate surface area is 234 Å². The van der Waals surface area contributed by atoms with Crippen LogP contribution in [0.3, 0.4) is 0 Å². The minimum absolute atomic E-state index is 0.0293. The van der Waals surface area contributed by atoms with Gasteiger partial charge in [-0.25, -0.2) is 4.98 Å². The largest absolute Gasteiger partial charge is 0.463 e. The molecule has 4 aromatic heterocycles. The summed E-state index contributed by atoms with van der Waals surface area (Å²) in [5.74, 6) is -0.354. The summed E-state index contributed by atoms with van der Waals surface area (Å²) >= 11 is 3.47. The summed E-state index contributed by atoms with van der Waals surface area (Å²) in [5.41, 5.74) is 7.68. The number of hydrogen-bond acceptors (Lipinski definition) is 11. The average molecular weight is 614 g/mol. The van der Waals surface area contributed by atoms with Gasteiger partial charge in [0.1, 0.15) is 18.3 Å². The number of aromatic nitrogens is 5. The molecular weight excluding hydrogens is 590 g/mol. The van der Waals surface area contributed by atoms with Crippen LogP contribution in [0.15, 0.2) is 58.0 Å². The standard InChI is InChI=1S/C25H24BrN7O7/c26-13-3-4-14-12(9-27-15(14)8-13)5-7-39-25-29-21(31-32-23(37)16-2-1-6-38-16)18-22(30-25)33(11-28-18)24-20(36)19(35)17(10-34)40-24/h1-4,6,8-9,11,17,19-20,24,27,34-36H,5,7,10H2,(H,32,37)(H,29,30,31)/t17-,19-,20-,24-/m1/s1. The number of nitrogens with one attached hydrogen (secondary N) is 3. The van der Waals surface area contributed by atoms with Crippen molar-refractivity contribution < 1.29 is 34.0 Å². The smallest absolute Gasteiger partial charge is 0.320 e. The molecular formula is C25H24BrN7O7. The Balaban J connectivity index is 1.28. The predicted molar refractivity (Wildman–Crippen MR) is 143 cm³/mol. The van der Waals surface area contributed by atoms with Gasteiger partial charge in [0, 0.05) is 28.0 Å². The number of anilines is 1. The third-order valence-electron chi connectivity index (χ3n) is 6.56. The fourth-order valence-corrected chi connectivity index (χ4v) is 4.91. The number of aliphatic hydroxyl groups is 3. The molecule has 5 heterocycles. The van der Waals surface area contributed by atoms with E-state index in [9.17, 15) is 20.1 Å². The molecule has 1 aliphatic heterocycles. The maximum Gasteiger partial charge on any atom is 0.320 e. The lowest BCUT2D eigenvalue weighted by atomic mass is 10.1. The van der Waals surface area contributed by atoms with Crippen molar-refractivity contribution in [3.63, 3.8) is 0 Å². The van der Waals surface area contributed by atoms with Crippen LogP contribution >= 0.6 is 15.9 Å². The third kappa shape index (κ3) is 4.89. The van der Waals surface area contributed by atoms with Gasteiger partial charge in [-0.3, -0.25) is 20.2 Å². The SMILES string of the molecule is O=C(NNc1nc(OCCc2c[nH]c3cc(Br)ccc23)nc2c1ncn2[C@@H]1O[C@H](CO)[C@@H](O)[C@H]1O)c1ccco1. The molecule has 1 aromatic carbocycles. The number of ether oxygens (including phenoxy) is 2. The second-order valence-corrected chi connectivity index (χ2v) is 9.98. The fraction of sp³-hybridized carbons (Fsp3) is 0.280. The second kappa shape index (κ2) is 10.9. The molecule has 0 aliphatic carbocycles. The van der Waals surface area contributed by atoms with Crippen LogP contribution in [0.4, 0.5) is 5.82 Å². The summed E-state index contributed by atoms with van der Waals surface area (Å²) in [7, 11) is 0. The molecule has 0 spiro atoms. The maximum atomic E-state index is 12.4. The minimum Gasteiger partial charge on any atom is -0.463 e. The lowest BCUT2D eigenvalue weighted by molar-refractivity contribution is -0.0511. The van der Waals surface area contributed by atoms with Crippen molar-refractivity contribution in [1.82, 2.24) is 29.9 Å². The molecule has 208 valence electrons. The fourth-order valence-electron chi connectivity index (χ4n) is 4.55. The van der Waals surface area contributed by atoms with Gasteiger partial charge >= 0.3 is 11.9 Å². The highest BCUT2D eigenvalue weighted by atomic mass is 79.9. The van der Waals surface area contributed by atoms with Gasteiger partial charge in [-0.2, -0.15) is 9.97 Å². The van der Waals surface area contributed by atoms with Gasteiger partial charge < -0.3 is 34.2 Å². The number of nitrogens with zero attached hydrogens (tertiary/aromatic N) is 4. The number of furan rings is 1. The van der Waals surface area contributed by atoms with Gasteiger partial charge in [0.15, 0.2) is 29.0 Å². The van der Waals surface area contributed by atoms with Gasteiger partial charge in [-0.05, 0) is 29.8 Å². The Kier molecular flexibility index (Phi) is 7.12. The van der Waals surface area contributed by atoms with Crippen LogP contribution in [0.5, 0.6) is 6.01 Å². The van der Waals surface area contributed by atoms with E-state index in [2.05, 4.69) is 46.7 Å². The lowest BCUT2D eigenvalue weighted by Gasteiger charge is -2.17. The molecule has 1 aliphatic rings. The molecule has 0 radical (unpaired) electrons. The van der Waals surface area contributed by atoms with E-state index in [1.165, 1.54) is 23.2 Å². The van der Waals surface area contributed by atoms with Crippen molar-refractivity contribution in [2.45, 2.75) is 31.0 Å². The van der Waals surface area contributed by atoms with Gasteiger partial charge in [0.05, 0.1) is 25.8 Å². The van der Waals surface area contributed by atoms with E-state index >= 15 is 0 Å². The Hall–Kier alpha value is -4.02. The number of fused-ring (bicyclic) bond motifs is 2. The Morgan fingerprint density at radius 1 is 1.23 bits per heavy atom. The number of hydrogen-bond donors (Lipinski definition) is 6. The van der Waals surface area contributed by atoms with Crippen LogP contribution in [-0.2, 0) is 11.2 Å². The van der Waals surface area contributed by atoms with Gasteiger partial charge in [0.25, 0.3) is 0 Å². The van der Waals surface area contributed by atoms with Crippen molar-refractivity contribution in [2.75, 3.05) is 18.6 Å². The number of carbonyl (C=O) groups excluding carboxylic acids is 1. The number of aliphatic hydroxyl groups excluding tert-OH is 3. The highest BCUT2D eigenvalue weighted by Gasteiger charge is 2.44. The monoisotopic (exact) mass is 613 g/mol. The molecule has 0 saturated carbocycles. The molecule has 6 rings (SSSR count). The molecule has 5 aromatic rings. The van der Waals surface area contributed by atoms with E-state index in [4.69, 9.17) is 13.9 Å².